The number of methoxy groups -OCH3 is 1. The van der Waals surface area contributed by atoms with Crippen LogP contribution in [0.1, 0.15) is 26.2 Å². The van der Waals surface area contributed by atoms with E-state index in [1.165, 1.54) is 0 Å². The minimum absolute atomic E-state index is 0.0334. The second-order valence-corrected chi connectivity index (χ2v) is 6.36. The number of rotatable bonds is 5. The van der Waals surface area contributed by atoms with Crippen molar-refractivity contribution >= 4 is 17.5 Å². The molecule has 2 aromatic carbocycles. The summed E-state index contributed by atoms with van der Waals surface area (Å²) in [5.74, 6) is 0.700. The minimum atomic E-state index is -0.383. The van der Waals surface area contributed by atoms with Gasteiger partial charge in [-0.1, -0.05) is 37.3 Å². The number of ether oxygens (including phenoxy) is 1. The average molecular weight is 352 g/mol. The Bertz CT molecular complexity index is 786. The van der Waals surface area contributed by atoms with Crippen molar-refractivity contribution in [1.82, 2.24) is 4.90 Å². The first-order chi connectivity index (χ1) is 12.6. The number of hydrogen-bond donors (Lipinski definition) is 1. The summed E-state index contributed by atoms with van der Waals surface area (Å²) in [6.07, 6.45) is 2.00. The SMILES string of the molecule is CCC(=O)N1CCC[C@@H]1C(=O)Nc1ccccc1-c1ccc(OC)cc1. The lowest BCUT2D eigenvalue weighted by Crippen LogP contribution is -2.42. The molecule has 0 radical (unpaired) electrons. The van der Waals surface area contributed by atoms with Crippen LogP contribution in [0, 0.1) is 0 Å². The number of anilines is 1. The highest BCUT2D eigenvalue weighted by atomic mass is 16.5. The zero-order valence-corrected chi connectivity index (χ0v) is 15.2. The average Bonchev–Trinajstić information content (AvgIpc) is 3.18. The fraction of sp³-hybridized carbons (Fsp3) is 0.333. The van der Waals surface area contributed by atoms with E-state index in [0.29, 0.717) is 19.4 Å². The van der Waals surface area contributed by atoms with E-state index in [2.05, 4.69) is 5.32 Å². The fourth-order valence-corrected chi connectivity index (χ4v) is 3.37. The molecule has 1 fully saturated rings. The molecule has 1 N–H and O–H groups in total. The maximum Gasteiger partial charge on any atom is 0.247 e. The molecule has 1 atom stereocenters. The quantitative estimate of drug-likeness (QED) is 0.892. The zero-order chi connectivity index (χ0) is 18.5. The van der Waals surface area contributed by atoms with Gasteiger partial charge in [0.1, 0.15) is 11.8 Å². The normalized spacial score (nSPS) is 16.4. The second kappa shape index (κ2) is 8.04. The molecule has 1 aliphatic rings. The summed E-state index contributed by atoms with van der Waals surface area (Å²) < 4.78 is 5.20. The van der Waals surface area contributed by atoms with Crippen LogP contribution in [0.25, 0.3) is 11.1 Å². The third-order valence-corrected chi connectivity index (χ3v) is 4.76. The Labute approximate surface area is 154 Å². The molecule has 1 heterocycles. The van der Waals surface area contributed by atoms with Crippen molar-refractivity contribution in [2.75, 3.05) is 19.0 Å². The van der Waals surface area contributed by atoms with Crippen LogP contribution in [-0.4, -0.2) is 36.4 Å². The summed E-state index contributed by atoms with van der Waals surface area (Å²) in [5, 5.41) is 3.02. The minimum Gasteiger partial charge on any atom is -0.497 e. The summed E-state index contributed by atoms with van der Waals surface area (Å²) in [6.45, 7) is 2.49. The molecule has 136 valence electrons. The first kappa shape index (κ1) is 18.0. The molecule has 2 aromatic rings. The summed E-state index contributed by atoms with van der Waals surface area (Å²) in [6, 6.07) is 15.0. The van der Waals surface area contributed by atoms with Gasteiger partial charge in [0.25, 0.3) is 0 Å². The van der Waals surface area contributed by atoms with Crippen LogP contribution in [0.2, 0.25) is 0 Å². The molecular formula is C21H24N2O3. The van der Waals surface area contributed by atoms with E-state index in [1.807, 2.05) is 55.5 Å². The first-order valence-electron chi connectivity index (χ1n) is 8.97. The van der Waals surface area contributed by atoms with Gasteiger partial charge in [-0.2, -0.15) is 0 Å². The summed E-state index contributed by atoms with van der Waals surface area (Å²) in [4.78, 5) is 26.6. The number of nitrogens with zero attached hydrogens (tertiary/aromatic N) is 1. The highest BCUT2D eigenvalue weighted by molar-refractivity contribution is 6.00. The van der Waals surface area contributed by atoms with Crippen LogP contribution in [0.4, 0.5) is 5.69 Å². The Morgan fingerprint density at radius 3 is 2.58 bits per heavy atom. The van der Waals surface area contributed by atoms with Crippen LogP contribution in [0.3, 0.4) is 0 Å². The zero-order valence-electron chi connectivity index (χ0n) is 15.2. The molecule has 3 rings (SSSR count). The first-order valence-corrected chi connectivity index (χ1v) is 8.97. The number of hydrogen-bond acceptors (Lipinski definition) is 3. The van der Waals surface area contributed by atoms with Crippen molar-refractivity contribution in [1.29, 1.82) is 0 Å². The van der Waals surface area contributed by atoms with Gasteiger partial charge in [0.15, 0.2) is 0 Å². The number of carbonyl (C=O) groups is 2. The Balaban J connectivity index is 1.81. The predicted octanol–water partition coefficient (Wildman–Crippen LogP) is 3.70. The molecule has 26 heavy (non-hydrogen) atoms. The highest BCUT2D eigenvalue weighted by Gasteiger charge is 2.33. The molecule has 0 saturated carbocycles. The van der Waals surface area contributed by atoms with Gasteiger partial charge in [-0.3, -0.25) is 9.59 Å². The van der Waals surface area contributed by atoms with E-state index in [0.717, 1.165) is 29.0 Å². The lowest BCUT2D eigenvalue weighted by atomic mass is 10.0. The van der Waals surface area contributed by atoms with Crippen molar-refractivity contribution < 1.29 is 14.3 Å². The van der Waals surface area contributed by atoms with Crippen molar-refractivity contribution in [3.8, 4) is 16.9 Å². The summed E-state index contributed by atoms with van der Waals surface area (Å²) in [7, 11) is 1.63. The van der Waals surface area contributed by atoms with Gasteiger partial charge in [-0.15, -0.1) is 0 Å². The van der Waals surface area contributed by atoms with Gasteiger partial charge >= 0.3 is 0 Å². The Kier molecular flexibility index (Phi) is 5.56. The van der Waals surface area contributed by atoms with Crippen LogP contribution in [-0.2, 0) is 9.59 Å². The maximum atomic E-state index is 12.8. The Hall–Kier alpha value is -2.82. The molecule has 0 aliphatic carbocycles. The number of carbonyl (C=O) groups excluding carboxylic acids is 2. The van der Waals surface area contributed by atoms with Gasteiger partial charge in [-0.25, -0.2) is 0 Å². The lowest BCUT2D eigenvalue weighted by Gasteiger charge is -2.24. The van der Waals surface area contributed by atoms with E-state index in [-0.39, 0.29) is 17.9 Å². The smallest absolute Gasteiger partial charge is 0.247 e. The molecule has 0 bridgehead atoms. The molecule has 5 heteroatoms. The van der Waals surface area contributed by atoms with Crippen LogP contribution < -0.4 is 10.1 Å². The topological polar surface area (TPSA) is 58.6 Å². The number of amides is 2. The number of likely N-dealkylation sites (tertiary alicyclic amines) is 1. The predicted molar refractivity (Wildman–Crippen MR) is 102 cm³/mol. The van der Waals surface area contributed by atoms with E-state index in [9.17, 15) is 9.59 Å². The van der Waals surface area contributed by atoms with Gasteiger partial charge in [0, 0.05) is 24.2 Å². The molecule has 5 nitrogen and oxygen atoms in total. The van der Waals surface area contributed by atoms with Crippen molar-refractivity contribution in [2.45, 2.75) is 32.2 Å². The summed E-state index contributed by atoms with van der Waals surface area (Å²) in [5.41, 5.74) is 2.68. The number of benzene rings is 2. The van der Waals surface area contributed by atoms with E-state index in [4.69, 9.17) is 4.74 Å². The fourth-order valence-electron chi connectivity index (χ4n) is 3.37. The van der Waals surface area contributed by atoms with Gasteiger partial charge < -0.3 is 15.0 Å². The maximum absolute atomic E-state index is 12.8. The Morgan fingerprint density at radius 1 is 1.15 bits per heavy atom. The monoisotopic (exact) mass is 352 g/mol. The van der Waals surface area contributed by atoms with Crippen LogP contribution in [0.15, 0.2) is 48.5 Å². The summed E-state index contributed by atoms with van der Waals surface area (Å²) >= 11 is 0. The number of nitrogens with one attached hydrogen (secondary N) is 1. The van der Waals surface area contributed by atoms with Crippen LogP contribution in [0.5, 0.6) is 5.75 Å². The molecule has 0 aromatic heterocycles. The largest absolute Gasteiger partial charge is 0.497 e. The van der Waals surface area contributed by atoms with E-state index in [1.54, 1.807) is 12.0 Å². The van der Waals surface area contributed by atoms with Gasteiger partial charge in [-0.05, 0) is 36.6 Å². The molecular weight excluding hydrogens is 328 g/mol. The Morgan fingerprint density at radius 2 is 1.88 bits per heavy atom. The second-order valence-electron chi connectivity index (χ2n) is 6.36. The van der Waals surface area contributed by atoms with Gasteiger partial charge in [0.2, 0.25) is 11.8 Å². The van der Waals surface area contributed by atoms with E-state index < -0.39 is 0 Å². The van der Waals surface area contributed by atoms with Crippen LogP contribution >= 0.6 is 0 Å². The third-order valence-electron chi connectivity index (χ3n) is 4.76. The van der Waals surface area contributed by atoms with Crippen molar-refractivity contribution in [3.05, 3.63) is 48.5 Å². The number of para-hydroxylation sites is 1. The van der Waals surface area contributed by atoms with Crippen molar-refractivity contribution in [2.24, 2.45) is 0 Å². The molecule has 1 aliphatic heterocycles. The highest BCUT2D eigenvalue weighted by Crippen LogP contribution is 2.30. The van der Waals surface area contributed by atoms with E-state index >= 15 is 0 Å². The molecule has 0 spiro atoms. The third kappa shape index (κ3) is 3.72. The molecule has 0 unspecified atom stereocenters. The van der Waals surface area contributed by atoms with Crippen molar-refractivity contribution in [3.63, 3.8) is 0 Å². The van der Waals surface area contributed by atoms with Gasteiger partial charge in [0.05, 0.1) is 7.11 Å². The lowest BCUT2D eigenvalue weighted by molar-refractivity contribution is -0.136. The standard InChI is InChI=1S/C21H24N2O3/c1-3-20(24)23-14-6-9-19(23)21(25)22-18-8-5-4-7-17(18)15-10-12-16(26-2)13-11-15/h4-5,7-8,10-13,19H,3,6,9,14H2,1-2H3,(H,22,25)/t19-/m1/s1. The molecule has 2 amide bonds. The molecule has 1 saturated heterocycles.